The molecular formula is C24H30FN7O. The lowest BCUT2D eigenvalue weighted by Crippen LogP contribution is -2.35. The van der Waals surface area contributed by atoms with Crippen LogP contribution in [0.3, 0.4) is 0 Å². The molecular weight excluding hydrogens is 421 g/mol. The molecule has 0 aromatic carbocycles. The van der Waals surface area contributed by atoms with Gasteiger partial charge in [0.1, 0.15) is 5.82 Å². The number of nitrogens with one attached hydrogen (secondary N) is 3. The fraction of sp³-hybridized carbons (Fsp3) is 0.500. The standard InChI is InChI=1S/C24H30FN7O/c1-14(2)9-18-17-11-28-19(20-12-29-21-13-27-7-8-32(20)21)10-16(17)22(25)23(30-18)31-24(33)15-3-5-26-6-4-15/h10-12,14-15,26-27H,3-9,13H2,1-2H3,(H,30,31,33). The number of aromatic nitrogens is 4. The minimum absolute atomic E-state index is 0.0124. The molecule has 0 spiro atoms. The topological polar surface area (TPSA) is 96.8 Å². The molecule has 0 unspecified atom stereocenters. The van der Waals surface area contributed by atoms with Crippen molar-refractivity contribution in [3.8, 4) is 11.4 Å². The van der Waals surface area contributed by atoms with Gasteiger partial charge in [0, 0.05) is 36.0 Å². The zero-order valence-electron chi connectivity index (χ0n) is 19.1. The first kappa shape index (κ1) is 21.9. The molecule has 0 aliphatic carbocycles. The number of amides is 1. The molecule has 8 nitrogen and oxygen atoms in total. The second-order valence-electron chi connectivity index (χ2n) is 9.34. The summed E-state index contributed by atoms with van der Waals surface area (Å²) >= 11 is 0. The number of piperidine rings is 1. The molecule has 0 bridgehead atoms. The third kappa shape index (κ3) is 4.35. The summed E-state index contributed by atoms with van der Waals surface area (Å²) in [5.41, 5.74) is 2.29. The van der Waals surface area contributed by atoms with E-state index in [-0.39, 0.29) is 17.6 Å². The maximum atomic E-state index is 15.7. The lowest BCUT2D eigenvalue weighted by Gasteiger charge is -2.22. The zero-order valence-corrected chi connectivity index (χ0v) is 19.1. The van der Waals surface area contributed by atoms with Gasteiger partial charge >= 0.3 is 0 Å². The Hall–Kier alpha value is -2.91. The Morgan fingerprint density at radius 2 is 2.00 bits per heavy atom. The second-order valence-corrected chi connectivity index (χ2v) is 9.34. The number of nitrogens with zero attached hydrogens (tertiary/aromatic N) is 4. The summed E-state index contributed by atoms with van der Waals surface area (Å²) in [6.45, 7) is 8.14. The van der Waals surface area contributed by atoms with Gasteiger partial charge in [0.15, 0.2) is 11.6 Å². The van der Waals surface area contributed by atoms with Crippen LogP contribution in [0, 0.1) is 17.7 Å². The highest BCUT2D eigenvalue weighted by Gasteiger charge is 2.24. The molecule has 5 rings (SSSR count). The van der Waals surface area contributed by atoms with Crippen LogP contribution < -0.4 is 16.0 Å². The fourth-order valence-electron chi connectivity index (χ4n) is 4.71. The molecule has 2 aliphatic heterocycles. The zero-order chi connectivity index (χ0) is 22.9. The Labute approximate surface area is 192 Å². The molecule has 1 amide bonds. The number of anilines is 1. The highest BCUT2D eigenvalue weighted by molar-refractivity contribution is 5.96. The van der Waals surface area contributed by atoms with E-state index in [4.69, 9.17) is 0 Å². The Balaban J connectivity index is 1.57. The molecule has 33 heavy (non-hydrogen) atoms. The van der Waals surface area contributed by atoms with Gasteiger partial charge in [-0.2, -0.15) is 0 Å². The van der Waals surface area contributed by atoms with Gasteiger partial charge in [-0.05, 0) is 44.3 Å². The van der Waals surface area contributed by atoms with Crippen LogP contribution in [-0.4, -0.2) is 45.1 Å². The smallest absolute Gasteiger partial charge is 0.228 e. The van der Waals surface area contributed by atoms with Gasteiger partial charge in [-0.1, -0.05) is 13.8 Å². The van der Waals surface area contributed by atoms with Gasteiger partial charge < -0.3 is 20.5 Å². The molecule has 1 fully saturated rings. The van der Waals surface area contributed by atoms with Crippen molar-refractivity contribution in [1.82, 2.24) is 30.2 Å². The lowest BCUT2D eigenvalue weighted by atomic mass is 9.97. The monoisotopic (exact) mass is 451 g/mol. The predicted octanol–water partition coefficient (Wildman–Crippen LogP) is 2.87. The van der Waals surface area contributed by atoms with E-state index in [1.54, 1.807) is 18.5 Å². The van der Waals surface area contributed by atoms with E-state index in [1.165, 1.54) is 0 Å². The SMILES string of the molecule is CC(C)Cc1nc(NC(=O)C2CCNCC2)c(F)c2cc(-c3cnc4n3CCNC4)ncc12. The number of hydrogen-bond acceptors (Lipinski definition) is 6. The molecule has 0 radical (unpaired) electrons. The number of carbonyl (C=O) groups excluding carboxylic acids is 1. The predicted molar refractivity (Wildman–Crippen MR) is 125 cm³/mol. The van der Waals surface area contributed by atoms with Crippen molar-refractivity contribution in [1.29, 1.82) is 0 Å². The van der Waals surface area contributed by atoms with E-state index in [0.29, 0.717) is 35.3 Å². The van der Waals surface area contributed by atoms with Crippen molar-refractivity contribution in [2.75, 3.05) is 25.0 Å². The number of hydrogen-bond donors (Lipinski definition) is 3. The van der Waals surface area contributed by atoms with Gasteiger partial charge in [0.05, 0.1) is 29.8 Å². The van der Waals surface area contributed by atoms with Crippen molar-refractivity contribution >= 4 is 22.5 Å². The van der Waals surface area contributed by atoms with Gasteiger partial charge in [-0.15, -0.1) is 0 Å². The van der Waals surface area contributed by atoms with E-state index >= 15 is 4.39 Å². The second kappa shape index (κ2) is 9.15. The normalized spacial score (nSPS) is 16.8. The molecule has 2 aliphatic rings. The largest absolute Gasteiger partial charge is 0.324 e. The van der Waals surface area contributed by atoms with Crippen molar-refractivity contribution in [3.63, 3.8) is 0 Å². The molecule has 0 saturated carbocycles. The number of imidazole rings is 1. The summed E-state index contributed by atoms with van der Waals surface area (Å²) < 4.78 is 17.8. The van der Waals surface area contributed by atoms with E-state index in [9.17, 15) is 4.79 Å². The lowest BCUT2D eigenvalue weighted by molar-refractivity contribution is -0.120. The quantitative estimate of drug-likeness (QED) is 0.552. The molecule has 3 aromatic rings. The summed E-state index contributed by atoms with van der Waals surface area (Å²) in [6.07, 6.45) is 5.66. The van der Waals surface area contributed by atoms with Crippen LogP contribution in [0.4, 0.5) is 10.2 Å². The first-order chi connectivity index (χ1) is 16.0. The number of fused-ring (bicyclic) bond motifs is 2. The highest BCUT2D eigenvalue weighted by atomic mass is 19.1. The summed E-state index contributed by atoms with van der Waals surface area (Å²) in [4.78, 5) is 26.5. The molecule has 3 N–H and O–H groups in total. The van der Waals surface area contributed by atoms with Gasteiger partial charge in [0.25, 0.3) is 0 Å². The Morgan fingerprint density at radius 1 is 1.18 bits per heavy atom. The molecule has 3 aromatic heterocycles. The van der Waals surface area contributed by atoms with E-state index in [1.807, 2.05) is 0 Å². The van der Waals surface area contributed by atoms with Crippen LogP contribution in [-0.2, 0) is 24.3 Å². The van der Waals surface area contributed by atoms with Crippen LogP contribution in [0.1, 0.15) is 38.2 Å². The Kier molecular flexibility index (Phi) is 6.07. The van der Waals surface area contributed by atoms with Crippen molar-refractivity contribution < 1.29 is 9.18 Å². The number of pyridine rings is 2. The van der Waals surface area contributed by atoms with Gasteiger partial charge in [0.2, 0.25) is 5.91 Å². The molecule has 1 saturated heterocycles. The first-order valence-electron chi connectivity index (χ1n) is 11.8. The number of halogens is 1. The maximum absolute atomic E-state index is 15.7. The Morgan fingerprint density at radius 3 is 2.79 bits per heavy atom. The molecule has 0 atom stereocenters. The maximum Gasteiger partial charge on any atom is 0.228 e. The minimum Gasteiger partial charge on any atom is -0.324 e. The summed E-state index contributed by atoms with van der Waals surface area (Å²) in [6, 6.07) is 1.77. The molecule has 9 heteroatoms. The van der Waals surface area contributed by atoms with Crippen LogP contribution in [0.25, 0.3) is 22.2 Å². The fourth-order valence-corrected chi connectivity index (χ4v) is 4.71. The van der Waals surface area contributed by atoms with Crippen molar-refractivity contribution in [2.45, 2.75) is 46.2 Å². The molecule has 174 valence electrons. The number of rotatable bonds is 5. The van der Waals surface area contributed by atoms with Crippen LogP contribution >= 0.6 is 0 Å². The van der Waals surface area contributed by atoms with E-state index in [2.05, 4.69) is 49.3 Å². The summed E-state index contributed by atoms with van der Waals surface area (Å²) in [7, 11) is 0. The highest BCUT2D eigenvalue weighted by Crippen LogP contribution is 2.31. The van der Waals surface area contributed by atoms with Crippen LogP contribution in [0.15, 0.2) is 18.5 Å². The average Bonchev–Trinajstić information content (AvgIpc) is 3.26. The summed E-state index contributed by atoms with van der Waals surface area (Å²) in [5.74, 6) is 0.486. The Bertz CT molecular complexity index is 1180. The van der Waals surface area contributed by atoms with Gasteiger partial charge in [-0.3, -0.25) is 9.78 Å². The van der Waals surface area contributed by atoms with Gasteiger partial charge in [-0.25, -0.2) is 14.4 Å². The van der Waals surface area contributed by atoms with E-state index in [0.717, 1.165) is 56.2 Å². The minimum atomic E-state index is -0.511. The van der Waals surface area contributed by atoms with E-state index < -0.39 is 5.82 Å². The third-order valence-electron chi connectivity index (χ3n) is 6.46. The summed E-state index contributed by atoms with van der Waals surface area (Å²) in [5, 5.41) is 10.5. The first-order valence-corrected chi connectivity index (χ1v) is 11.8. The van der Waals surface area contributed by atoms with Crippen LogP contribution in [0.2, 0.25) is 0 Å². The van der Waals surface area contributed by atoms with Crippen molar-refractivity contribution in [2.24, 2.45) is 11.8 Å². The molecule has 5 heterocycles. The third-order valence-corrected chi connectivity index (χ3v) is 6.46. The number of carbonyl (C=O) groups is 1. The average molecular weight is 452 g/mol. The van der Waals surface area contributed by atoms with Crippen molar-refractivity contribution in [3.05, 3.63) is 35.8 Å². The van der Waals surface area contributed by atoms with Crippen LogP contribution in [0.5, 0.6) is 0 Å².